The molecule has 2 nitrogen and oxygen atoms in total. The Bertz CT molecular complexity index is 446. The topological polar surface area (TPSA) is 38.9 Å². The lowest BCUT2D eigenvalue weighted by Gasteiger charge is -2.03. The van der Waals surface area contributed by atoms with E-state index in [9.17, 15) is 0 Å². The highest BCUT2D eigenvalue weighted by Gasteiger charge is 1.97. The Morgan fingerprint density at radius 3 is 2.40 bits per heavy atom. The van der Waals surface area contributed by atoms with Crippen LogP contribution in [0.3, 0.4) is 0 Å². The highest BCUT2D eigenvalue weighted by atomic mass is 14.6. The Labute approximate surface area is 89.8 Å². The van der Waals surface area contributed by atoms with Crippen LogP contribution in [-0.4, -0.2) is 4.98 Å². The van der Waals surface area contributed by atoms with Gasteiger partial charge in [0.25, 0.3) is 0 Å². The van der Waals surface area contributed by atoms with Gasteiger partial charge in [-0.1, -0.05) is 24.3 Å². The van der Waals surface area contributed by atoms with E-state index in [0.29, 0.717) is 6.54 Å². The van der Waals surface area contributed by atoms with E-state index in [1.807, 2.05) is 19.2 Å². The number of rotatable bonds is 2. The molecule has 1 aromatic carbocycles. The second-order valence-corrected chi connectivity index (χ2v) is 3.59. The van der Waals surface area contributed by atoms with E-state index >= 15 is 0 Å². The molecule has 0 spiro atoms. The third-order valence-corrected chi connectivity index (χ3v) is 2.42. The quantitative estimate of drug-likeness (QED) is 0.805. The summed E-state index contributed by atoms with van der Waals surface area (Å²) in [5, 5.41) is 0. The third kappa shape index (κ3) is 2.22. The molecule has 0 bridgehead atoms. The van der Waals surface area contributed by atoms with Crippen molar-refractivity contribution in [3.8, 4) is 11.1 Å². The summed E-state index contributed by atoms with van der Waals surface area (Å²) in [6.07, 6.45) is 1.83. The fourth-order valence-electron chi connectivity index (χ4n) is 1.56. The van der Waals surface area contributed by atoms with Crippen LogP contribution in [-0.2, 0) is 6.54 Å². The smallest absolute Gasteiger partial charge is 0.0378 e. The van der Waals surface area contributed by atoms with Gasteiger partial charge < -0.3 is 5.73 Å². The highest BCUT2D eigenvalue weighted by molar-refractivity contribution is 5.63. The lowest BCUT2D eigenvalue weighted by molar-refractivity contribution is 1.07. The van der Waals surface area contributed by atoms with Gasteiger partial charge in [0.05, 0.1) is 0 Å². The normalized spacial score (nSPS) is 10.3. The monoisotopic (exact) mass is 198 g/mol. The summed E-state index contributed by atoms with van der Waals surface area (Å²) in [5.74, 6) is 0. The van der Waals surface area contributed by atoms with Crippen LogP contribution in [0.25, 0.3) is 11.1 Å². The molecule has 0 aliphatic heterocycles. The molecule has 2 heteroatoms. The van der Waals surface area contributed by atoms with Gasteiger partial charge in [-0.25, -0.2) is 0 Å². The van der Waals surface area contributed by atoms with E-state index in [4.69, 9.17) is 5.73 Å². The van der Waals surface area contributed by atoms with Gasteiger partial charge >= 0.3 is 0 Å². The minimum absolute atomic E-state index is 0.593. The fraction of sp³-hybridized carbons (Fsp3) is 0.154. The van der Waals surface area contributed by atoms with Crippen molar-refractivity contribution in [3.63, 3.8) is 0 Å². The zero-order valence-electron chi connectivity index (χ0n) is 8.77. The SMILES string of the molecule is Cc1cc(-c2ccc(CN)cc2)ccn1. The Morgan fingerprint density at radius 1 is 1.07 bits per heavy atom. The summed E-state index contributed by atoms with van der Waals surface area (Å²) in [4.78, 5) is 4.18. The Kier molecular flexibility index (Phi) is 2.79. The molecule has 0 aliphatic carbocycles. The Hall–Kier alpha value is -1.67. The average molecular weight is 198 g/mol. The lowest BCUT2D eigenvalue weighted by Crippen LogP contribution is -1.95. The number of pyridine rings is 1. The predicted octanol–water partition coefficient (Wildman–Crippen LogP) is 2.52. The first-order valence-electron chi connectivity index (χ1n) is 5.01. The van der Waals surface area contributed by atoms with Crippen molar-refractivity contribution in [2.24, 2.45) is 5.73 Å². The van der Waals surface area contributed by atoms with Crippen molar-refractivity contribution < 1.29 is 0 Å². The van der Waals surface area contributed by atoms with Gasteiger partial charge in [0.15, 0.2) is 0 Å². The van der Waals surface area contributed by atoms with Crippen LogP contribution in [0.2, 0.25) is 0 Å². The van der Waals surface area contributed by atoms with Crippen LogP contribution in [0.5, 0.6) is 0 Å². The van der Waals surface area contributed by atoms with Gasteiger partial charge in [0.1, 0.15) is 0 Å². The largest absolute Gasteiger partial charge is 0.326 e. The summed E-state index contributed by atoms with van der Waals surface area (Å²) in [7, 11) is 0. The van der Waals surface area contributed by atoms with Gasteiger partial charge in [-0.05, 0) is 35.7 Å². The second kappa shape index (κ2) is 4.24. The molecule has 76 valence electrons. The van der Waals surface area contributed by atoms with Crippen molar-refractivity contribution >= 4 is 0 Å². The van der Waals surface area contributed by atoms with Gasteiger partial charge in [0.2, 0.25) is 0 Å². The number of nitrogens with zero attached hydrogens (tertiary/aromatic N) is 1. The molecule has 2 rings (SSSR count). The lowest BCUT2D eigenvalue weighted by atomic mass is 10.0. The zero-order chi connectivity index (χ0) is 10.7. The standard InChI is InChI=1S/C13H14N2/c1-10-8-13(6-7-15-10)12-4-2-11(9-14)3-5-12/h2-8H,9,14H2,1H3. The number of benzene rings is 1. The Morgan fingerprint density at radius 2 is 1.80 bits per heavy atom. The number of aromatic nitrogens is 1. The van der Waals surface area contributed by atoms with E-state index in [-0.39, 0.29) is 0 Å². The van der Waals surface area contributed by atoms with Gasteiger partial charge in [-0.3, -0.25) is 4.98 Å². The highest BCUT2D eigenvalue weighted by Crippen LogP contribution is 2.19. The maximum absolute atomic E-state index is 5.55. The maximum atomic E-state index is 5.55. The summed E-state index contributed by atoms with van der Waals surface area (Å²) < 4.78 is 0. The summed E-state index contributed by atoms with van der Waals surface area (Å²) >= 11 is 0. The average Bonchev–Trinajstić information content (AvgIpc) is 2.29. The van der Waals surface area contributed by atoms with Crippen LogP contribution >= 0.6 is 0 Å². The minimum Gasteiger partial charge on any atom is -0.326 e. The number of hydrogen-bond donors (Lipinski definition) is 1. The minimum atomic E-state index is 0.593. The molecule has 0 saturated heterocycles. The van der Waals surface area contributed by atoms with E-state index in [0.717, 1.165) is 11.3 Å². The zero-order valence-corrected chi connectivity index (χ0v) is 8.77. The van der Waals surface area contributed by atoms with Crippen molar-refractivity contribution in [1.29, 1.82) is 0 Å². The first-order chi connectivity index (χ1) is 7.29. The molecule has 15 heavy (non-hydrogen) atoms. The molecular formula is C13H14N2. The molecule has 0 unspecified atom stereocenters. The van der Waals surface area contributed by atoms with Crippen molar-refractivity contribution in [2.45, 2.75) is 13.5 Å². The van der Waals surface area contributed by atoms with E-state index in [2.05, 4.69) is 35.3 Å². The fourth-order valence-corrected chi connectivity index (χ4v) is 1.56. The molecule has 1 heterocycles. The molecule has 1 aromatic heterocycles. The first-order valence-corrected chi connectivity index (χ1v) is 5.01. The summed E-state index contributed by atoms with van der Waals surface area (Å²) in [5.41, 5.74) is 10.2. The van der Waals surface area contributed by atoms with E-state index in [1.54, 1.807) is 0 Å². The predicted molar refractivity (Wildman–Crippen MR) is 62.3 cm³/mol. The van der Waals surface area contributed by atoms with Gasteiger partial charge in [-0.15, -0.1) is 0 Å². The van der Waals surface area contributed by atoms with Crippen LogP contribution in [0, 0.1) is 6.92 Å². The van der Waals surface area contributed by atoms with Crippen LogP contribution in [0.1, 0.15) is 11.3 Å². The molecule has 0 saturated carbocycles. The number of nitrogens with two attached hydrogens (primary N) is 1. The van der Waals surface area contributed by atoms with Crippen molar-refractivity contribution in [1.82, 2.24) is 4.98 Å². The molecule has 0 aliphatic rings. The molecule has 2 aromatic rings. The molecule has 0 radical (unpaired) electrons. The van der Waals surface area contributed by atoms with E-state index < -0.39 is 0 Å². The maximum Gasteiger partial charge on any atom is 0.0378 e. The Balaban J connectivity index is 2.37. The summed E-state index contributed by atoms with van der Waals surface area (Å²) in [6.45, 7) is 2.59. The first kappa shape index (κ1) is 9.87. The number of hydrogen-bond acceptors (Lipinski definition) is 2. The van der Waals surface area contributed by atoms with Crippen LogP contribution in [0.15, 0.2) is 42.6 Å². The second-order valence-electron chi connectivity index (χ2n) is 3.59. The molecule has 2 N–H and O–H groups in total. The van der Waals surface area contributed by atoms with Gasteiger partial charge in [-0.2, -0.15) is 0 Å². The summed E-state index contributed by atoms with van der Waals surface area (Å²) in [6, 6.07) is 12.4. The van der Waals surface area contributed by atoms with E-state index in [1.165, 1.54) is 11.1 Å². The van der Waals surface area contributed by atoms with Gasteiger partial charge in [0, 0.05) is 18.4 Å². The molecular weight excluding hydrogens is 184 g/mol. The molecule has 0 atom stereocenters. The molecule has 0 amide bonds. The third-order valence-electron chi connectivity index (χ3n) is 2.42. The molecule has 0 fully saturated rings. The van der Waals surface area contributed by atoms with Crippen LogP contribution < -0.4 is 5.73 Å². The van der Waals surface area contributed by atoms with Crippen LogP contribution in [0.4, 0.5) is 0 Å². The number of aryl methyl sites for hydroxylation is 1. The van der Waals surface area contributed by atoms with Crippen molar-refractivity contribution in [3.05, 3.63) is 53.9 Å². The van der Waals surface area contributed by atoms with Crippen molar-refractivity contribution in [2.75, 3.05) is 0 Å².